The van der Waals surface area contributed by atoms with Crippen molar-refractivity contribution in [2.24, 2.45) is 0 Å². The molecule has 7 heteroatoms. The van der Waals surface area contributed by atoms with Crippen LogP contribution in [0.1, 0.15) is 5.56 Å². The Morgan fingerprint density at radius 3 is 2.30 bits per heavy atom. The molecule has 1 N–H and O–H groups in total. The van der Waals surface area contributed by atoms with Crippen molar-refractivity contribution in [3.63, 3.8) is 0 Å². The molecule has 1 aromatic heterocycles. The van der Waals surface area contributed by atoms with Crippen LogP contribution >= 0.6 is 11.6 Å². The SMILES string of the molecule is O=C(Cn1cc(S(=O)(=O)Cc2ccccc2)c2ccccc21)Nc1ccc(Cl)cc1. The largest absolute Gasteiger partial charge is 0.337 e. The van der Waals surface area contributed by atoms with E-state index in [0.717, 1.165) is 5.56 Å². The van der Waals surface area contributed by atoms with Gasteiger partial charge in [-0.3, -0.25) is 4.79 Å². The van der Waals surface area contributed by atoms with Gasteiger partial charge in [0.15, 0.2) is 9.84 Å². The molecule has 5 nitrogen and oxygen atoms in total. The quantitative estimate of drug-likeness (QED) is 0.465. The standard InChI is InChI=1S/C23H19ClN2O3S/c24-18-10-12-19(13-11-18)25-23(27)15-26-14-22(20-8-4-5-9-21(20)26)30(28,29)16-17-6-2-1-3-7-17/h1-14H,15-16H2,(H,25,27). The molecule has 3 aromatic carbocycles. The summed E-state index contributed by atoms with van der Waals surface area (Å²) < 4.78 is 27.9. The maximum atomic E-state index is 13.1. The van der Waals surface area contributed by atoms with E-state index in [9.17, 15) is 13.2 Å². The minimum Gasteiger partial charge on any atom is -0.337 e. The Kier molecular flexibility index (Phi) is 5.61. The van der Waals surface area contributed by atoms with Crippen molar-refractivity contribution in [1.29, 1.82) is 0 Å². The molecule has 1 amide bonds. The van der Waals surface area contributed by atoms with Gasteiger partial charge in [-0.25, -0.2) is 8.42 Å². The number of hydrogen-bond acceptors (Lipinski definition) is 3. The van der Waals surface area contributed by atoms with E-state index in [4.69, 9.17) is 11.6 Å². The van der Waals surface area contributed by atoms with Gasteiger partial charge in [0.05, 0.1) is 10.6 Å². The molecule has 0 unspecified atom stereocenters. The van der Waals surface area contributed by atoms with Crippen LogP contribution in [0, 0.1) is 0 Å². The normalized spacial score (nSPS) is 11.5. The highest BCUT2D eigenvalue weighted by Crippen LogP contribution is 2.28. The van der Waals surface area contributed by atoms with Crippen molar-refractivity contribution in [3.05, 3.63) is 95.6 Å². The second-order valence-electron chi connectivity index (χ2n) is 6.94. The van der Waals surface area contributed by atoms with Crippen molar-refractivity contribution >= 4 is 43.9 Å². The van der Waals surface area contributed by atoms with Gasteiger partial charge < -0.3 is 9.88 Å². The molecule has 0 aliphatic carbocycles. The average Bonchev–Trinajstić information content (AvgIpc) is 3.10. The van der Waals surface area contributed by atoms with E-state index in [1.165, 1.54) is 0 Å². The summed E-state index contributed by atoms with van der Waals surface area (Å²) in [5.41, 5.74) is 2.03. The number of fused-ring (bicyclic) bond motifs is 1. The molecule has 0 fully saturated rings. The molecule has 0 aliphatic heterocycles. The van der Waals surface area contributed by atoms with Gasteiger partial charge in [-0.2, -0.15) is 0 Å². The van der Waals surface area contributed by atoms with Crippen molar-refractivity contribution in [2.45, 2.75) is 17.2 Å². The number of nitrogens with one attached hydrogen (secondary N) is 1. The third-order valence-electron chi connectivity index (χ3n) is 4.73. The number of halogens is 1. The summed E-state index contributed by atoms with van der Waals surface area (Å²) in [4.78, 5) is 12.8. The molecule has 1 heterocycles. The minimum absolute atomic E-state index is 0.00992. The molecule has 4 aromatic rings. The number of rotatable bonds is 6. The number of hydrogen-bond donors (Lipinski definition) is 1. The molecule has 30 heavy (non-hydrogen) atoms. The molecular weight excluding hydrogens is 420 g/mol. The number of benzene rings is 3. The predicted octanol–water partition coefficient (Wildman–Crippen LogP) is 4.91. The Bertz CT molecular complexity index is 1300. The van der Waals surface area contributed by atoms with Crippen molar-refractivity contribution in [2.75, 3.05) is 5.32 Å². The van der Waals surface area contributed by atoms with E-state index in [1.54, 1.807) is 59.3 Å². The maximum Gasteiger partial charge on any atom is 0.244 e. The topological polar surface area (TPSA) is 68.2 Å². The first-order chi connectivity index (χ1) is 14.4. The Morgan fingerprint density at radius 2 is 1.57 bits per heavy atom. The van der Waals surface area contributed by atoms with Crippen LogP contribution in [0.5, 0.6) is 0 Å². The van der Waals surface area contributed by atoms with Crippen LogP contribution < -0.4 is 5.32 Å². The second kappa shape index (κ2) is 8.34. The fourth-order valence-electron chi connectivity index (χ4n) is 3.35. The van der Waals surface area contributed by atoms with Gasteiger partial charge in [0.2, 0.25) is 5.91 Å². The summed E-state index contributed by atoms with van der Waals surface area (Å²) in [5.74, 6) is -0.358. The highest BCUT2D eigenvalue weighted by Gasteiger charge is 2.22. The Balaban J connectivity index is 1.63. The average molecular weight is 439 g/mol. The molecule has 0 radical (unpaired) electrons. The predicted molar refractivity (Wildman–Crippen MR) is 119 cm³/mol. The molecule has 0 bridgehead atoms. The smallest absolute Gasteiger partial charge is 0.244 e. The lowest BCUT2D eigenvalue weighted by Crippen LogP contribution is -2.18. The summed E-state index contributed by atoms with van der Waals surface area (Å²) in [6.45, 7) is -0.00992. The number of aromatic nitrogens is 1. The number of sulfone groups is 1. The van der Waals surface area contributed by atoms with Gasteiger partial charge >= 0.3 is 0 Å². The lowest BCUT2D eigenvalue weighted by atomic mass is 10.2. The van der Waals surface area contributed by atoms with Gasteiger partial charge in [-0.1, -0.05) is 60.1 Å². The summed E-state index contributed by atoms with van der Waals surface area (Å²) >= 11 is 5.87. The number of para-hydroxylation sites is 1. The van der Waals surface area contributed by atoms with Crippen LogP contribution in [0.2, 0.25) is 5.02 Å². The van der Waals surface area contributed by atoms with Crippen LogP contribution in [0.3, 0.4) is 0 Å². The lowest BCUT2D eigenvalue weighted by Gasteiger charge is -2.07. The van der Waals surface area contributed by atoms with Crippen LogP contribution in [0.15, 0.2) is 90.0 Å². The van der Waals surface area contributed by atoms with E-state index >= 15 is 0 Å². The van der Waals surface area contributed by atoms with Gasteiger partial charge in [-0.15, -0.1) is 0 Å². The first-order valence-electron chi connectivity index (χ1n) is 9.32. The Labute approximate surface area is 179 Å². The van der Waals surface area contributed by atoms with Crippen LogP contribution in [-0.2, 0) is 26.9 Å². The highest BCUT2D eigenvalue weighted by atomic mass is 35.5. The van der Waals surface area contributed by atoms with Crippen LogP contribution in [-0.4, -0.2) is 18.9 Å². The number of amides is 1. The van der Waals surface area contributed by atoms with Gasteiger partial charge in [0.25, 0.3) is 0 Å². The number of carbonyl (C=O) groups excluding carboxylic acids is 1. The Morgan fingerprint density at radius 1 is 0.900 bits per heavy atom. The minimum atomic E-state index is -3.59. The third kappa shape index (κ3) is 4.40. The molecule has 0 atom stereocenters. The molecular formula is C23H19ClN2O3S. The monoisotopic (exact) mass is 438 g/mol. The summed E-state index contributed by atoms with van der Waals surface area (Å²) in [7, 11) is -3.59. The third-order valence-corrected chi connectivity index (χ3v) is 6.69. The van der Waals surface area contributed by atoms with Crippen LogP contribution in [0.4, 0.5) is 5.69 Å². The van der Waals surface area contributed by atoms with Crippen molar-refractivity contribution in [3.8, 4) is 0 Å². The fraction of sp³-hybridized carbons (Fsp3) is 0.0870. The van der Waals surface area contributed by atoms with Crippen molar-refractivity contribution in [1.82, 2.24) is 4.57 Å². The summed E-state index contributed by atoms with van der Waals surface area (Å²) in [5, 5.41) is 3.99. The zero-order chi connectivity index (χ0) is 21.1. The van der Waals surface area contributed by atoms with E-state index in [1.807, 2.05) is 30.3 Å². The summed E-state index contributed by atoms with van der Waals surface area (Å²) in [6.07, 6.45) is 1.55. The zero-order valence-electron chi connectivity index (χ0n) is 16.0. The van der Waals surface area contributed by atoms with Gasteiger partial charge in [-0.05, 0) is 35.9 Å². The first-order valence-corrected chi connectivity index (χ1v) is 11.4. The highest BCUT2D eigenvalue weighted by molar-refractivity contribution is 7.90. The van der Waals surface area contributed by atoms with Gasteiger partial charge in [0, 0.05) is 27.8 Å². The Hall–Kier alpha value is -3.09. The number of carbonyl (C=O) groups is 1. The summed E-state index contributed by atoms with van der Waals surface area (Å²) in [6, 6.07) is 23.1. The van der Waals surface area contributed by atoms with E-state index in [0.29, 0.717) is 21.6 Å². The van der Waals surface area contributed by atoms with Crippen LogP contribution in [0.25, 0.3) is 10.9 Å². The van der Waals surface area contributed by atoms with E-state index in [2.05, 4.69) is 5.32 Å². The first kappa shape index (κ1) is 20.2. The molecule has 0 aliphatic rings. The number of nitrogens with zero attached hydrogens (tertiary/aromatic N) is 1. The maximum absolute atomic E-state index is 13.1. The molecule has 0 saturated carbocycles. The van der Waals surface area contributed by atoms with Crippen molar-refractivity contribution < 1.29 is 13.2 Å². The molecule has 4 rings (SSSR count). The van der Waals surface area contributed by atoms with E-state index in [-0.39, 0.29) is 23.1 Å². The molecule has 152 valence electrons. The second-order valence-corrected chi connectivity index (χ2v) is 9.33. The zero-order valence-corrected chi connectivity index (χ0v) is 17.5. The number of anilines is 1. The fourth-order valence-corrected chi connectivity index (χ4v) is 5.06. The molecule has 0 spiro atoms. The molecule has 0 saturated heterocycles. The van der Waals surface area contributed by atoms with E-state index < -0.39 is 9.84 Å². The lowest BCUT2D eigenvalue weighted by molar-refractivity contribution is -0.116. The van der Waals surface area contributed by atoms with Gasteiger partial charge in [0.1, 0.15) is 6.54 Å².